The Labute approximate surface area is 192 Å². The Bertz CT molecular complexity index is 908. The second-order valence-corrected chi connectivity index (χ2v) is 10.7. The normalized spacial score (nSPS) is 27.4. The minimum Gasteiger partial charge on any atom is -0.369 e. The van der Waals surface area contributed by atoms with Crippen LogP contribution >= 0.6 is 0 Å². The third-order valence-electron chi connectivity index (χ3n) is 8.19. The maximum absolute atomic E-state index is 15.3. The van der Waals surface area contributed by atoms with Crippen LogP contribution in [-0.2, 0) is 9.59 Å². The number of piperazine rings is 1. The van der Waals surface area contributed by atoms with Crippen LogP contribution in [-0.4, -0.2) is 55.1 Å². The first-order valence-corrected chi connectivity index (χ1v) is 12.2. The van der Waals surface area contributed by atoms with Crippen molar-refractivity contribution in [3.8, 4) is 0 Å². The van der Waals surface area contributed by atoms with Crippen LogP contribution in [0.5, 0.6) is 0 Å². The van der Waals surface area contributed by atoms with Gasteiger partial charge in [-0.25, -0.2) is 13.2 Å². The summed E-state index contributed by atoms with van der Waals surface area (Å²) in [6.07, 6.45) is 7.58. The Hall–Kier alpha value is -2.09. The fourth-order valence-electron chi connectivity index (χ4n) is 6.68. The monoisotopic (exact) mass is 463 g/mol. The lowest BCUT2D eigenvalue weighted by Crippen LogP contribution is -2.58. The van der Waals surface area contributed by atoms with E-state index in [-0.39, 0.29) is 23.8 Å². The molecule has 1 N–H and O–H groups in total. The van der Waals surface area contributed by atoms with Crippen LogP contribution in [0.1, 0.15) is 69.3 Å². The number of piperidine rings is 1. The van der Waals surface area contributed by atoms with Crippen molar-refractivity contribution in [3.63, 3.8) is 0 Å². The molecule has 4 fully saturated rings. The summed E-state index contributed by atoms with van der Waals surface area (Å²) >= 11 is 0. The van der Waals surface area contributed by atoms with Gasteiger partial charge in [-0.1, -0.05) is 19.3 Å². The molecule has 1 aromatic carbocycles. The van der Waals surface area contributed by atoms with Gasteiger partial charge in [-0.05, 0) is 49.7 Å². The first kappa shape index (κ1) is 22.7. The third-order valence-corrected chi connectivity index (χ3v) is 8.19. The number of nitrogens with one attached hydrogen (secondary N) is 1. The van der Waals surface area contributed by atoms with Gasteiger partial charge in [0.2, 0.25) is 11.8 Å². The Morgan fingerprint density at radius 2 is 1.61 bits per heavy atom. The van der Waals surface area contributed by atoms with Crippen molar-refractivity contribution in [3.05, 3.63) is 29.3 Å². The van der Waals surface area contributed by atoms with Crippen LogP contribution in [0.15, 0.2) is 12.1 Å². The molecule has 5 nitrogen and oxygen atoms in total. The number of imide groups is 1. The molecule has 2 heterocycles. The molecule has 0 bridgehead atoms. The standard InChI is InChI=1S/C25H32F3N3O2/c26-19-12-17(13-20(27)22(19)18-4-5-21(32)29-23(18)33)31-10-8-30(9-11-31)16-25(28)14-24(15-25)6-2-1-3-7-24/h12-13,18H,1-11,14-16H2,(H,29,32,33). The molecule has 1 unspecified atom stereocenters. The molecule has 33 heavy (non-hydrogen) atoms. The Morgan fingerprint density at radius 1 is 0.970 bits per heavy atom. The first-order valence-electron chi connectivity index (χ1n) is 12.2. The fourth-order valence-corrected chi connectivity index (χ4v) is 6.68. The average molecular weight is 464 g/mol. The second kappa shape index (κ2) is 8.60. The molecule has 8 heteroatoms. The molecule has 1 atom stereocenters. The molecule has 0 radical (unpaired) electrons. The zero-order valence-corrected chi connectivity index (χ0v) is 19.0. The highest BCUT2D eigenvalue weighted by Crippen LogP contribution is 2.58. The lowest BCUT2D eigenvalue weighted by Gasteiger charge is -2.55. The smallest absolute Gasteiger partial charge is 0.234 e. The van der Waals surface area contributed by atoms with Gasteiger partial charge in [0.15, 0.2) is 0 Å². The number of nitrogens with zero attached hydrogens (tertiary/aromatic N) is 2. The van der Waals surface area contributed by atoms with Gasteiger partial charge in [0.25, 0.3) is 0 Å². The number of rotatable bonds is 4. The predicted molar refractivity (Wildman–Crippen MR) is 119 cm³/mol. The van der Waals surface area contributed by atoms with E-state index in [1.807, 2.05) is 4.90 Å². The lowest BCUT2D eigenvalue weighted by molar-refractivity contribution is -0.134. The Balaban J connectivity index is 1.18. The van der Waals surface area contributed by atoms with Gasteiger partial charge in [-0.2, -0.15) is 0 Å². The minimum absolute atomic E-state index is 0.0657. The van der Waals surface area contributed by atoms with Gasteiger partial charge in [0.1, 0.15) is 17.3 Å². The minimum atomic E-state index is -1.10. The summed E-state index contributed by atoms with van der Waals surface area (Å²) in [5, 5.41) is 2.15. The van der Waals surface area contributed by atoms with Gasteiger partial charge in [0, 0.05) is 50.4 Å². The van der Waals surface area contributed by atoms with E-state index in [1.165, 1.54) is 44.2 Å². The Morgan fingerprint density at radius 3 is 2.21 bits per heavy atom. The van der Waals surface area contributed by atoms with Gasteiger partial charge >= 0.3 is 0 Å². The molecule has 4 aliphatic rings. The van der Waals surface area contributed by atoms with Crippen molar-refractivity contribution in [2.45, 2.75) is 69.4 Å². The zero-order chi connectivity index (χ0) is 23.2. The molecule has 2 saturated carbocycles. The highest BCUT2D eigenvalue weighted by Gasteiger charge is 2.55. The summed E-state index contributed by atoms with van der Waals surface area (Å²) in [6.45, 7) is 2.88. The van der Waals surface area contributed by atoms with E-state index >= 15 is 4.39 Å². The molecule has 1 aromatic rings. The number of amides is 2. The van der Waals surface area contributed by atoms with Gasteiger partial charge < -0.3 is 4.90 Å². The maximum Gasteiger partial charge on any atom is 0.234 e. The summed E-state index contributed by atoms with van der Waals surface area (Å²) < 4.78 is 45.0. The molecule has 2 aliphatic carbocycles. The topological polar surface area (TPSA) is 52.7 Å². The summed E-state index contributed by atoms with van der Waals surface area (Å²) in [5.41, 5.74) is -0.695. The molecule has 2 saturated heterocycles. The number of carbonyl (C=O) groups is 2. The first-order chi connectivity index (χ1) is 15.8. The number of hydrogen-bond donors (Lipinski definition) is 1. The van der Waals surface area contributed by atoms with E-state index in [9.17, 15) is 18.4 Å². The molecule has 0 aromatic heterocycles. The predicted octanol–water partition coefficient (Wildman–Crippen LogP) is 4.06. The van der Waals surface area contributed by atoms with Crippen LogP contribution in [0, 0.1) is 17.0 Å². The van der Waals surface area contributed by atoms with Crippen LogP contribution in [0.25, 0.3) is 0 Å². The van der Waals surface area contributed by atoms with Crippen LogP contribution in [0.2, 0.25) is 0 Å². The quantitative estimate of drug-likeness (QED) is 0.685. The maximum atomic E-state index is 15.3. The lowest BCUT2D eigenvalue weighted by atomic mass is 9.54. The van der Waals surface area contributed by atoms with Crippen molar-refractivity contribution in [2.75, 3.05) is 37.6 Å². The average Bonchev–Trinajstić information content (AvgIpc) is 2.75. The summed E-state index contributed by atoms with van der Waals surface area (Å²) in [6, 6.07) is 2.54. The highest BCUT2D eigenvalue weighted by atomic mass is 19.1. The number of hydrogen-bond acceptors (Lipinski definition) is 4. The molecule has 2 aliphatic heterocycles. The largest absolute Gasteiger partial charge is 0.369 e. The van der Waals surface area contributed by atoms with Crippen molar-refractivity contribution >= 4 is 17.5 Å². The number of carbonyl (C=O) groups excluding carboxylic acids is 2. The summed E-state index contributed by atoms with van der Waals surface area (Å²) in [4.78, 5) is 27.4. The van der Waals surface area contributed by atoms with E-state index in [1.54, 1.807) is 0 Å². The molecular formula is C25H32F3N3O2. The molecule has 2 amide bonds. The van der Waals surface area contributed by atoms with Gasteiger partial charge in [-0.3, -0.25) is 19.8 Å². The van der Waals surface area contributed by atoms with Crippen LogP contribution in [0.4, 0.5) is 18.9 Å². The Kier molecular flexibility index (Phi) is 5.91. The van der Waals surface area contributed by atoms with E-state index < -0.39 is 35.0 Å². The van der Waals surface area contributed by atoms with Crippen LogP contribution in [0.3, 0.4) is 0 Å². The van der Waals surface area contributed by atoms with Crippen LogP contribution < -0.4 is 10.2 Å². The molecule has 1 spiro atoms. The third kappa shape index (κ3) is 4.51. The second-order valence-electron chi connectivity index (χ2n) is 10.7. The van der Waals surface area contributed by atoms with Gasteiger partial charge in [-0.15, -0.1) is 0 Å². The van der Waals surface area contributed by atoms with Gasteiger partial charge in [0.05, 0.1) is 5.92 Å². The number of anilines is 1. The number of halogens is 3. The summed E-state index contributed by atoms with van der Waals surface area (Å²) in [5.74, 6) is -3.60. The van der Waals surface area contributed by atoms with E-state index in [2.05, 4.69) is 10.2 Å². The van der Waals surface area contributed by atoms with Crippen molar-refractivity contribution < 1.29 is 22.8 Å². The highest BCUT2D eigenvalue weighted by molar-refractivity contribution is 6.01. The van der Waals surface area contributed by atoms with Crippen molar-refractivity contribution in [1.82, 2.24) is 10.2 Å². The van der Waals surface area contributed by atoms with Crippen molar-refractivity contribution in [1.29, 1.82) is 0 Å². The summed E-state index contributed by atoms with van der Waals surface area (Å²) in [7, 11) is 0. The zero-order valence-electron chi connectivity index (χ0n) is 19.0. The fraction of sp³-hybridized carbons (Fsp3) is 0.680. The molecule has 5 rings (SSSR count). The molecular weight excluding hydrogens is 431 g/mol. The van der Waals surface area contributed by atoms with E-state index in [4.69, 9.17) is 0 Å². The number of benzene rings is 1. The number of alkyl halides is 1. The van der Waals surface area contributed by atoms with Crippen molar-refractivity contribution in [2.24, 2.45) is 5.41 Å². The SMILES string of the molecule is O=C1CCC(c2c(F)cc(N3CCN(CC4(F)CC5(CCCCC5)C4)CC3)cc2F)C(=O)N1. The van der Waals surface area contributed by atoms with E-state index in [0.29, 0.717) is 51.3 Å². The van der Waals surface area contributed by atoms with E-state index in [0.717, 1.165) is 0 Å². The molecule has 180 valence electrons.